The molecule has 1 atom stereocenters. The number of fused-ring (bicyclic) bond motifs is 1. The summed E-state index contributed by atoms with van der Waals surface area (Å²) >= 11 is 1.44. The number of hydrogen-bond acceptors (Lipinski definition) is 5. The van der Waals surface area contributed by atoms with Crippen molar-refractivity contribution in [2.45, 2.75) is 30.3 Å². The molecular weight excluding hydrogens is 384 g/mol. The molecule has 1 aliphatic heterocycles. The van der Waals surface area contributed by atoms with Gasteiger partial charge in [-0.3, -0.25) is 4.79 Å². The molecule has 29 heavy (non-hydrogen) atoms. The highest BCUT2D eigenvalue weighted by molar-refractivity contribution is 8.00. The summed E-state index contributed by atoms with van der Waals surface area (Å²) in [7, 11) is 3.56. The lowest BCUT2D eigenvalue weighted by Gasteiger charge is -2.30. The van der Waals surface area contributed by atoms with Gasteiger partial charge in [-0.05, 0) is 36.6 Å². The van der Waals surface area contributed by atoms with Gasteiger partial charge in [0.25, 0.3) is 0 Å². The second-order valence-corrected chi connectivity index (χ2v) is 8.41. The molecule has 4 rings (SSSR count). The molecule has 0 radical (unpaired) electrons. The van der Waals surface area contributed by atoms with Gasteiger partial charge < -0.3 is 14.2 Å². The standard InChI is InChI=1S/C22H24N4O2S/c1-15(21(27)26-13-12-16-8-4-5-9-17(16)14-26)29-22-24-23-20(25(22)2)18-10-6-7-11-19(18)28-3/h4-11,15H,12-14H2,1-3H3/t15-/m1/s1. The van der Waals surface area contributed by atoms with Crippen LogP contribution in [0.3, 0.4) is 0 Å². The number of nitrogens with zero attached hydrogens (tertiary/aromatic N) is 4. The Kier molecular flexibility index (Phi) is 5.58. The first kappa shape index (κ1) is 19.5. The van der Waals surface area contributed by atoms with Crippen molar-refractivity contribution < 1.29 is 9.53 Å². The van der Waals surface area contributed by atoms with E-state index < -0.39 is 0 Å². The maximum atomic E-state index is 13.0. The van der Waals surface area contributed by atoms with Gasteiger partial charge in [0.05, 0.1) is 17.9 Å². The molecule has 6 nitrogen and oxygen atoms in total. The molecule has 1 aromatic heterocycles. The number of ether oxygens (including phenoxy) is 1. The maximum absolute atomic E-state index is 13.0. The van der Waals surface area contributed by atoms with Crippen molar-refractivity contribution >= 4 is 17.7 Å². The van der Waals surface area contributed by atoms with Crippen LogP contribution in [0.5, 0.6) is 5.75 Å². The Bertz CT molecular complexity index is 1030. The molecule has 3 aromatic rings. The minimum atomic E-state index is -0.242. The van der Waals surface area contributed by atoms with Crippen molar-refractivity contribution in [1.29, 1.82) is 0 Å². The fourth-order valence-corrected chi connectivity index (χ4v) is 4.53. The molecule has 0 spiro atoms. The van der Waals surface area contributed by atoms with Gasteiger partial charge in [-0.25, -0.2) is 0 Å². The lowest BCUT2D eigenvalue weighted by atomic mass is 10.00. The second-order valence-electron chi connectivity index (χ2n) is 7.10. The Morgan fingerprint density at radius 1 is 1.10 bits per heavy atom. The quantitative estimate of drug-likeness (QED) is 0.604. The topological polar surface area (TPSA) is 60.3 Å². The van der Waals surface area contributed by atoms with Gasteiger partial charge in [-0.1, -0.05) is 48.2 Å². The number of rotatable bonds is 5. The summed E-state index contributed by atoms with van der Waals surface area (Å²) in [6.07, 6.45) is 0.904. The number of hydrogen-bond donors (Lipinski definition) is 0. The summed E-state index contributed by atoms with van der Waals surface area (Å²) in [6.45, 7) is 3.36. The van der Waals surface area contributed by atoms with Crippen molar-refractivity contribution in [3.63, 3.8) is 0 Å². The number of aromatic nitrogens is 3. The van der Waals surface area contributed by atoms with Crippen molar-refractivity contribution in [1.82, 2.24) is 19.7 Å². The van der Waals surface area contributed by atoms with Gasteiger partial charge in [0.2, 0.25) is 5.91 Å². The number of carbonyl (C=O) groups is 1. The highest BCUT2D eigenvalue weighted by Gasteiger charge is 2.27. The van der Waals surface area contributed by atoms with E-state index in [-0.39, 0.29) is 11.2 Å². The lowest BCUT2D eigenvalue weighted by Crippen LogP contribution is -2.40. The Morgan fingerprint density at radius 2 is 1.83 bits per heavy atom. The van der Waals surface area contributed by atoms with Crippen LogP contribution in [0, 0.1) is 0 Å². The molecule has 0 saturated carbocycles. The molecule has 0 N–H and O–H groups in total. The molecule has 7 heteroatoms. The first-order chi connectivity index (χ1) is 14.1. The van der Waals surface area contributed by atoms with Crippen molar-refractivity contribution in [2.75, 3.05) is 13.7 Å². The number of carbonyl (C=O) groups excluding carboxylic acids is 1. The van der Waals surface area contributed by atoms with Gasteiger partial charge in [0, 0.05) is 20.1 Å². The van der Waals surface area contributed by atoms with Gasteiger partial charge >= 0.3 is 0 Å². The summed E-state index contributed by atoms with van der Waals surface area (Å²) in [5.74, 6) is 1.60. The fourth-order valence-electron chi connectivity index (χ4n) is 3.63. The molecule has 0 aliphatic carbocycles. The van der Waals surface area contributed by atoms with Gasteiger partial charge in [-0.15, -0.1) is 10.2 Å². The predicted molar refractivity (Wildman–Crippen MR) is 114 cm³/mol. The van der Waals surface area contributed by atoms with Gasteiger partial charge in [0.1, 0.15) is 5.75 Å². The molecule has 1 aliphatic rings. The summed E-state index contributed by atoms with van der Waals surface area (Å²) in [6, 6.07) is 16.1. The van der Waals surface area contributed by atoms with Crippen LogP contribution in [0.1, 0.15) is 18.1 Å². The van der Waals surface area contributed by atoms with Crippen LogP contribution < -0.4 is 4.74 Å². The molecule has 2 aromatic carbocycles. The van der Waals surface area contributed by atoms with Crippen LogP contribution in [0.2, 0.25) is 0 Å². The predicted octanol–water partition coefficient (Wildman–Crippen LogP) is 3.56. The summed E-state index contributed by atoms with van der Waals surface area (Å²) < 4.78 is 7.36. The van der Waals surface area contributed by atoms with Crippen LogP contribution in [-0.2, 0) is 24.8 Å². The molecule has 2 heterocycles. The summed E-state index contributed by atoms with van der Waals surface area (Å²) in [5.41, 5.74) is 3.46. The Hall–Kier alpha value is -2.80. The van der Waals surface area contributed by atoms with E-state index in [0.29, 0.717) is 11.7 Å². The highest BCUT2D eigenvalue weighted by atomic mass is 32.2. The van der Waals surface area contributed by atoms with Crippen molar-refractivity contribution in [2.24, 2.45) is 7.05 Å². The Balaban J connectivity index is 1.49. The Labute approximate surface area is 174 Å². The number of methoxy groups -OCH3 is 1. The molecule has 0 fully saturated rings. The SMILES string of the molecule is COc1ccccc1-c1nnc(S[C@H](C)C(=O)N2CCc3ccccc3C2)n1C. The van der Waals surface area contributed by atoms with E-state index in [1.807, 2.05) is 53.8 Å². The minimum Gasteiger partial charge on any atom is -0.496 e. The monoisotopic (exact) mass is 408 g/mol. The average molecular weight is 409 g/mol. The molecule has 150 valence electrons. The van der Waals surface area contributed by atoms with Crippen LogP contribution in [0.25, 0.3) is 11.4 Å². The fraction of sp³-hybridized carbons (Fsp3) is 0.318. The number of benzene rings is 2. The van der Waals surface area contributed by atoms with E-state index in [4.69, 9.17) is 4.74 Å². The lowest BCUT2D eigenvalue weighted by molar-refractivity contribution is -0.131. The first-order valence-electron chi connectivity index (χ1n) is 9.63. The Morgan fingerprint density at radius 3 is 2.62 bits per heavy atom. The van der Waals surface area contributed by atoms with Gasteiger partial charge in [0.15, 0.2) is 11.0 Å². The van der Waals surface area contributed by atoms with Crippen molar-refractivity contribution in [3.05, 3.63) is 59.7 Å². The van der Waals surface area contributed by atoms with E-state index in [1.165, 1.54) is 22.9 Å². The smallest absolute Gasteiger partial charge is 0.236 e. The third-order valence-electron chi connectivity index (χ3n) is 5.26. The molecule has 1 amide bonds. The van der Waals surface area contributed by atoms with Crippen LogP contribution >= 0.6 is 11.8 Å². The van der Waals surface area contributed by atoms with E-state index in [0.717, 1.165) is 30.1 Å². The van der Waals surface area contributed by atoms with E-state index in [1.54, 1.807) is 7.11 Å². The number of thioether (sulfide) groups is 1. The minimum absolute atomic E-state index is 0.131. The third kappa shape index (κ3) is 3.87. The largest absolute Gasteiger partial charge is 0.496 e. The van der Waals surface area contributed by atoms with E-state index in [9.17, 15) is 4.79 Å². The van der Waals surface area contributed by atoms with E-state index in [2.05, 4.69) is 28.4 Å². The summed E-state index contributed by atoms with van der Waals surface area (Å²) in [4.78, 5) is 15.0. The van der Waals surface area contributed by atoms with Crippen LogP contribution in [0.15, 0.2) is 53.7 Å². The summed E-state index contributed by atoms with van der Waals surface area (Å²) in [5, 5.41) is 9.13. The normalized spacial score (nSPS) is 14.4. The van der Waals surface area contributed by atoms with E-state index >= 15 is 0 Å². The van der Waals surface area contributed by atoms with Crippen LogP contribution in [0.4, 0.5) is 0 Å². The van der Waals surface area contributed by atoms with Crippen molar-refractivity contribution in [3.8, 4) is 17.1 Å². The number of amides is 1. The first-order valence-corrected chi connectivity index (χ1v) is 10.5. The number of para-hydroxylation sites is 1. The zero-order valence-electron chi connectivity index (χ0n) is 16.8. The molecule has 0 saturated heterocycles. The molecule has 0 bridgehead atoms. The van der Waals surface area contributed by atoms with Crippen LogP contribution in [-0.4, -0.2) is 44.5 Å². The zero-order chi connectivity index (χ0) is 20.4. The molecular formula is C22H24N4O2S. The maximum Gasteiger partial charge on any atom is 0.236 e. The second kappa shape index (κ2) is 8.29. The highest BCUT2D eigenvalue weighted by Crippen LogP contribution is 2.32. The molecule has 0 unspecified atom stereocenters. The third-order valence-corrected chi connectivity index (χ3v) is 6.38. The van der Waals surface area contributed by atoms with Gasteiger partial charge in [-0.2, -0.15) is 0 Å². The average Bonchev–Trinajstić information content (AvgIpc) is 3.12. The zero-order valence-corrected chi connectivity index (χ0v) is 17.6.